The van der Waals surface area contributed by atoms with Crippen molar-refractivity contribution in [3.8, 4) is 0 Å². The first-order valence-corrected chi connectivity index (χ1v) is 9.31. The lowest BCUT2D eigenvalue weighted by Crippen LogP contribution is -2.43. The largest absolute Gasteiger partial charge is 0.475 e. The topological polar surface area (TPSA) is 55.7 Å². The van der Waals surface area contributed by atoms with Gasteiger partial charge in [-0.3, -0.25) is 0 Å². The predicted molar refractivity (Wildman–Crippen MR) is 81.3 cm³/mol. The molecule has 1 heterocycles. The van der Waals surface area contributed by atoms with E-state index in [4.69, 9.17) is 4.74 Å². The van der Waals surface area contributed by atoms with Crippen molar-refractivity contribution in [3.63, 3.8) is 0 Å². The second-order valence-electron chi connectivity index (χ2n) is 6.84. The third-order valence-corrected chi connectivity index (χ3v) is 6.43. The maximum absolute atomic E-state index is 12.3. The Morgan fingerprint density at radius 1 is 1.15 bits per heavy atom. The van der Waals surface area contributed by atoms with Gasteiger partial charge >= 0.3 is 0 Å². The van der Waals surface area contributed by atoms with Crippen molar-refractivity contribution in [1.82, 2.24) is 0 Å². The van der Waals surface area contributed by atoms with Crippen LogP contribution in [0.5, 0.6) is 0 Å². The van der Waals surface area contributed by atoms with Crippen LogP contribution < -0.4 is 0 Å². The molecular formula is C15H27NO3S. The van der Waals surface area contributed by atoms with E-state index >= 15 is 0 Å². The Morgan fingerprint density at radius 3 is 2.35 bits per heavy atom. The van der Waals surface area contributed by atoms with Crippen LogP contribution in [0.15, 0.2) is 4.40 Å². The smallest absolute Gasteiger partial charge is 0.262 e. The number of nitrogens with zero attached hydrogens (tertiary/aromatic N) is 1. The van der Waals surface area contributed by atoms with Gasteiger partial charge < -0.3 is 4.74 Å². The summed E-state index contributed by atoms with van der Waals surface area (Å²) >= 11 is 0. The minimum atomic E-state index is -3.37. The highest BCUT2D eigenvalue weighted by Gasteiger charge is 2.41. The molecule has 0 aromatic carbocycles. The molecule has 20 heavy (non-hydrogen) atoms. The Balaban J connectivity index is 2.18. The highest BCUT2D eigenvalue weighted by Crippen LogP contribution is 2.33. The Hall–Kier alpha value is -0.580. The van der Waals surface area contributed by atoms with E-state index < -0.39 is 15.3 Å². The molecule has 0 spiro atoms. The zero-order chi connectivity index (χ0) is 14.9. The first-order valence-electron chi connectivity index (χ1n) is 7.80. The second-order valence-corrected chi connectivity index (χ2v) is 8.65. The third kappa shape index (κ3) is 3.35. The van der Waals surface area contributed by atoms with E-state index in [1.807, 2.05) is 0 Å². The lowest BCUT2D eigenvalue weighted by atomic mass is 9.83. The van der Waals surface area contributed by atoms with Crippen molar-refractivity contribution in [2.24, 2.45) is 22.2 Å². The van der Waals surface area contributed by atoms with E-state index in [1.165, 1.54) is 0 Å². The average Bonchev–Trinajstić information content (AvgIpc) is 2.34. The molecular weight excluding hydrogens is 274 g/mol. The van der Waals surface area contributed by atoms with E-state index in [0.29, 0.717) is 36.5 Å². The first kappa shape index (κ1) is 15.8. The normalized spacial score (nSPS) is 29.2. The number of sulfonamides is 1. The lowest BCUT2D eigenvalue weighted by Gasteiger charge is -2.35. The van der Waals surface area contributed by atoms with Crippen molar-refractivity contribution in [3.05, 3.63) is 0 Å². The predicted octanol–water partition coefficient (Wildman–Crippen LogP) is 3.37. The Kier molecular flexibility index (Phi) is 4.77. The molecule has 0 aromatic rings. The van der Waals surface area contributed by atoms with Gasteiger partial charge in [-0.1, -0.05) is 34.1 Å². The molecule has 0 bridgehead atoms. The highest BCUT2D eigenvalue weighted by molar-refractivity contribution is 7.91. The maximum atomic E-state index is 12.3. The van der Waals surface area contributed by atoms with Gasteiger partial charge in [0.1, 0.15) is 11.4 Å². The first-order chi connectivity index (χ1) is 9.31. The number of ether oxygens (including phenoxy) is 1. The zero-order valence-electron chi connectivity index (χ0n) is 13.0. The summed E-state index contributed by atoms with van der Waals surface area (Å²) in [6.45, 7) is 8.69. The van der Waals surface area contributed by atoms with Gasteiger partial charge in [0.2, 0.25) is 5.90 Å². The van der Waals surface area contributed by atoms with Crippen molar-refractivity contribution < 1.29 is 13.2 Å². The van der Waals surface area contributed by atoms with Crippen LogP contribution in [0.4, 0.5) is 0 Å². The van der Waals surface area contributed by atoms with Crippen molar-refractivity contribution in [1.29, 1.82) is 0 Å². The summed E-state index contributed by atoms with van der Waals surface area (Å²) in [6.07, 6.45) is 4.04. The van der Waals surface area contributed by atoms with Crippen LogP contribution >= 0.6 is 0 Å². The molecule has 2 rings (SSSR count). The molecule has 0 amide bonds. The molecule has 116 valence electrons. The van der Waals surface area contributed by atoms with E-state index in [1.54, 1.807) is 0 Å². The van der Waals surface area contributed by atoms with Crippen LogP contribution in [0.1, 0.15) is 59.8 Å². The third-order valence-electron chi connectivity index (χ3n) is 4.66. The van der Waals surface area contributed by atoms with Gasteiger partial charge in [-0.05, 0) is 37.0 Å². The summed E-state index contributed by atoms with van der Waals surface area (Å²) in [7, 11) is -3.37. The molecule has 0 aromatic heterocycles. The van der Waals surface area contributed by atoms with Crippen molar-refractivity contribution in [2.75, 3.05) is 0 Å². The van der Waals surface area contributed by atoms with Gasteiger partial charge in [0.05, 0.1) is 0 Å². The summed E-state index contributed by atoms with van der Waals surface area (Å²) < 4.78 is 34.5. The molecule has 5 heteroatoms. The van der Waals surface area contributed by atoms with Crippen LogP contribution in [-0.2, 0) is 14.8 Å². The number of hydrogen-bond acceptors (Lipinski definition) is 3. The quantitative estimate of drug-likeness (QED) is 0.800. The summed E-state index contributed by atoms with van der Waals surface area (Å²) in [6, 6.07) is 0. The fraction of sp³-hybridized carbons (Fsp3) is 0.933. The standard InChI is InChI=1S/C15H27NO3S/c1-10(2)12(11(3)4)9-15-16-20(17,18)14-8-6-5-7-13(14)19-15/h10-14H,5-9H2,1-4H3. The van der Waals surface area contributed by atoms with Gasteiger partial charge in [0.25, 0.3) is 10.0 Å². The van der Waals surface area contributed by atoms with Gasteiger partial charge in [-0.15, -0.1) is 4.40 Å². The fourth-order valence-electron chi connectivity index (χ4n) is 3.47. The Labute approximate surface area is 123 Å². The molecule has 0 N–H and O–H groups in total. The molecule has 1 fully saturated rings. The highest BCUT2D eigenvalue weighted by atomic mass is 32.2. The van der Waals surface area contributed by atoms with E-state index in [2.05, 4.69) is 32.1 Å². The van der Waals surface area contributed by atoms with Crippen molar-refractivity contribution >= 4 is 15.9 Å². The van der Waals surface area contributed by atoms with Crippen LogP contribution in [0, 0.1) is 17.8 Å². The molecule has 1 aliphatic heterocycles. The molecule has 2 atom stereocenters. The molecule has 2 unspecified atom stereocenters. The zero-order valence-corrected chi connectivity index (χ0v) is 13.8. The summed E-state index contributed by atoms with van der Waals surface area (Å²) in [5.74, 6) is 1.84. The minimum Gasteiger partial charge on any atom is -0.475 e. The lowest BCUT2D eigenvalue weighted by molar-refractivity contribution is 0.129. The van der Waals surface area contributed by atoms with Crippen molar-refractivity contribution in [2.45, 2.75) is 71.2 Å². The molecule has 1 aliphatic carbocycles. The van der Waals surface area contributed by atoms with Gasteiger partial charge in [-0.25, -0.2) is 8.42 Å². The monoisotopic (exact) mass is 301 g/mol. The molecule has 1 saturated carbocycles. The van der Waals surface area contributed by atoms with Crippen LogP contribution in [0.3, 0.4) is 0 Å². The van der Waals surface area contributed by atoms with Gasteiger partial charge in [0, 0.05) is 6.42 Å². The number of hydrogen-bond donors (Lipinski definition) is 0. The van der Waals surface area contributed by atoms with Gasteiger partial charge in [-0.2, -0.15) is 0 Å². The van der Waals surface area contributed by atoms with Gasteiger partial charge in [0.15, 0.2) is 0 Å². The average molecular weight is 301 g/mol. The SMILES string of the molecule is CC(C)C(CC1=NS(=O)(=O)C2CCCCC2O1)C(C)C. The molecule has 2 aliphatic rings. The van der Waals surface area contributed by atoms with Crippen LogP contribution in [-0.4, -0.2) is 25.7 Å². The Morgan fingerprint density at radius 2 is 1.75 bits per heavy atom. The van der Waals surface area contributed by atoms with Crippen LogP contribution in [0.25, 0.3) is 0 Å². The van der Waals surface area contributed by atoms with Crippen LogP contribution in [0.2, 0.25) is 0 Å². The van der Waals surface area contributed by atoms with E-state index in [0.717, 1.165) is 19.3 Å². The molecule has 0 saturated heterocycles. The second kappa shape index (κ2) is 6.04. The number of rotatable bonds is 4. The minimum absolute atomic E-state index is 0.166. The van der Waals surface area contributed by atoms with E-state index in [-0.39, 0.29) is 6.10 Å². The van der Waals surface area contributed by atoms with E-state index in [9.17, 15) is 8.42 Å². The Bertz CT molecular complexity index is 460. The maximum Gasteiger partial charge on any atom is 0.262 e. The number of fused-ring (bicyclic) bond motifs is 1. The molecule has 0 radical (unpaired) electrons. The summed E-state index contributed by atoms with van der Waals surface area (Å²) in [5.41, 5.74) is 0. The summed E-state index contributed by atoms with van der Waals surface area (Å²) in [4.78, 5) is 0. The molecule has 4 nitrogen and oxygen atoms in total. The fourth-order valence-corrected chi connectivity index (χ4v) is 5.05. The summed E-state index contributed by atoms with van der Waals surface area (Å²) in [5, 5.41) is -0.406.